The van der Waals surface area contributed by atoms with E-state index in [1.807, 2.05) is 31.3 Å². The number of benzene rings is 1. The molecule has 5 nitrogen and oxygen atoms in total. The van der Waals surface area contributed by atoms with Crippen LogP contribution < -0.4 is 10.9 Å². The third kappa shape index (κ3) is 3.68. The van der Waals surface area contributed by atoms with Gasteiger partial charge in [0.15, 0.2) is 0 Å². The number of H-pyrrole nitrogens is 1. The number of likely N-dealkylation sites (N-methyl/N-ethyl adjacent to an activating group) is 1. The van der Waals surface area contributed by atoms with Crippen LogP contribution in [-0.2, 0) is 0 Å². The summed E-state index contributed by atoms with van der Waals surface area (Å²) in [6, 6.07) is 7.32. The van der Waals surface area contributed by atoms with Gasteiger partial charge >= 0.3 is 0 Å². The van der Waals surface area contributed by atoms with Gasteiger partial charge in [0, 0.05) is 22.9 Å². The van der Waals surface area contributed by atoms with E-state index < -0.39 is 11.4 Å². The van der Waals surface area contributed by atoms with E-state index in [0.717, 1.165) is 0 Å². The second kappa shape index (κ2) is 7.39. The van der Waals surface area contributed by atoms with Crippen molar-refractivity contribution in [3.05, 3.63) is 67.9 Å². The van der Waals surface area contributed by atoms with E-state index in [9.17, 15) is 14.0 Å². The molecular weight excluding hydrogens is 353 g/mol. The van der Waals surface area contributed by atoms with Crippen LogP contribution in [0, 0.1) is 12.7 Å². The number of aromatic amines is 1. The second-order valence-electron chi connectivity index (χ2n) is 6.39. The molecule has 1 amide bonds. The van der Waals surface area contributed by atoms with E-state index >= 15 is 0 Å². The highest BCUT2D eigenvalue weighted by molar-refractivity contribution is 7.10. The van der Waals surface area contributed by atoms with Crippen LogP contribution in [0.15, 0.2) is 40.5 Å². The predicted octanol–water partition coefficient (Wildman–Crippen LogP) is 3.07. The molecule has 2 N–H and O–H groups in total. The Hall–Kier alpha value is -2.51. The minimum atomic E-state index is -0.466. The third-order valence-electron chi connectivity index (χ3n) is 4.33. The number of pyridine rings is 1. The number of halogens is 1. The zero-order chi connectivity index (χ0) is 18.8. The lowest BCUT2D eigenvalue weighted by molar-refractivity contribution is 0.0943. The van der Waals surface area contributed by atoms with E-state index in [1.54, 1.807) is 11.3 Å². The molecule has 0 bridgehead atoms. The van der Waals surface area contributed by atoms with Crippen LogP contribution in [0.25, 0.3) is 10.9 Å². The van der Waals surface area contributed by atoms with Crippen molar-refractivity contribution in [1.29, 1.82) is 0 Å². The van der Waals surface area contributed by atoms with E-state index in [2.05, 4.69) is 16.4 Å². The van der Waals surface area contributed by atoms with Gasteiger partial charge in [0.2, 0.25) is 5.56 Å². The molecule has 0 saturated carbocycles. The standard InChI is InChI=1S/C19H20FN3O2S/c1-11-6-7-26-18(11)16(23(2)3)10-21-19(25)14-9-17(24)22-15-8-12(20)4-5-13(14)15/h4-9,16H,10H2,1-3H3,(H,21,25)(H,22,24). The summed E-state index contributed by atoms with van der Waals surface area (Å²) in [5.41, 5.74) is 1.29. The van der Waals surface area contributed by atoms with E-state index in [-0.39, 0.29) is 17.5 Å². The summed E-state index contributed by atoms with van der Waals surface area (Å²) in [6.45, 7) is 2.45. The number of aromatic nitrogens is 1. The van der Waals surface area contributed by atoms with Crippen molar-refractivity contribution in [3.63, 3.8) is 0 Å². The molecule has 1 unspecified atom stereocenters. The number of nitrogens with zero attached hydrogens (tertiary/aromatic N) is 1. The number of amides is 1. The molecule has 1 aromatic carbocycles. The highest BCUT2D eigenvalue weighted by Gasteiger charge is 2.20. The zero-order valence-corrected chi connectivity index (χ0v) is 15.6. The molecule has 3 rings (SSSR count). The molecule has 0 saturated heterocycles. The Morgan fingerprint density at radius 2 is 2.08 bits per heavy atom. The number of hydrogen-bond donors (Lipinski definition) is 2. The monoisotopic (exact) mass is 373 g/mol. The molecule has 0 aliphatic carbocycles. The lowest BCUT2D eigenvalue weighted by Gasteiger charge is -2.24. The molecule has 2 aromatic heterocycles. The topological polar surface area (TPSA) is 65.2 Å². The van der Waals surface area contributed by atoms with Crippen LogP contribution in [-0.4, -0.2) is 36.4 Å². The van der Waals surface area contributed by atoms with E-state index in [4.69, 9.17) is 0 Å². The maximum atomic E-state index is 13.4. The van der Waals surface area contributed by atoms with Crippen molar-refractivity contribution in [3.8, 4) is 0 Å². The smallest absolute Gasteiger partial charge is 0.252 e. The second-order valence-corrected chi connectivity index (χ2v) is 7.34. The fourth-order valence-corrected chi connectivity index (χ4v) is 4.06. The number of nitrogens with one attached hydrogen (secondary N) is 2. The van der Waals surface area contributed by atoms with E-state index in [0.29, 0.717) is 17.4 Å². The fourth-order valence-electron chi connectivity index (χ4n) is 2.94. The number of hydrogen-bond acceptors (Lipinski definition) is 4. The molecule has 7 heteroatoms. The maximum absolute atomic E-state index is 13.4. The molecule has 0 aliphatic rings. The van der Waals surface area contributed by atoms with Crippen LogP contribution in [0.3, 0.4) is 0 Å². The number of rotatable bonds is 5. The highest BCUT2D eigenvalue weighted by Crippen LogP contribution is 2.27. The zero-order valence-electron chi connectivity index (χ0n) is 14.8. The molecule has 3 aromatic rings. The molecule has 0 fully saturated rings. The Morgan fingerprint density at radius 3 is 2.73 bits per heavy atom. The van der Waals surface area contributed by atoms with Gasteiger partial charge in [0.25, 0.3) is 5.91 Å². The van der Waals surface area contributed by atoms with Gasteiger partial charge in [-0.1, -0.05) is 0 Å². The molecular formula is C19H20FN3O2S. The van der Waals surface area contributed by atoms with Crippen LogP contribution in [0.2, 0.25) is 0 Å². The van der Waals surface area contributed by atoms with Gasteiger partial charge in [0.05, 0.1) is 17.1 Å². The number of thiophene rings is 1. The van der Waals surface area contributed by atoms with E-state index in [1.165, 1.54) is 34.7 Å². The summed E-state index contributed by atoms with van der Waals surface area (Å²) in [5.74, 6) is -0.819. The quantitative estimate of drug-likeness (QED) is 0.722. The van der Waals surface area contributed by atoms with Gasteiger partial charge in [-0.2, -0.15) is 0 Å². The van der Waals surface area contributed by atoms with Crippen molar-refractivity contribution in [1.82, 2.24) is 15.2 Å². The van der Waals surface area contributed by atoms with Crippen LogP contribution in [0.4, 0.5) is 4.39 Å². The number of fused-ring (bicyclic) bond motifs is 1. The largest absolute Gasteiger partial charge is 0.350 e. The molecule has 0 radical (unpaired) electrons. The first-order valence-electron chi connectivity index (χ1n) is 8.18. The van der Waals surface area contributed by atoms with Gasteiger partial charge in [-0.25, -0.2) is 4.39 Å². The molecule has 1 atom stereocenters. The summed E-state index contributed by atoms with van der Waals surface area (Å²) < 4.78 is 13.4. The van der Waals surface area contributed by atoms with Crippen LogP contribution in [0.1, 0.15) is 26.8 Å². The number of aryl methyl sites for hydroxylation is 1. The van der Waals surface area contributed by atoms with Crippen LogP contribution >= 0.6 is 11.3 Å². The van der Waals surface area contributed by atoms with Gasteiger partial charge in [-0.05, 0) is 56.2 Å². The van der Waals surface area contributed by atoms with Crippen LogP contribution in [0.5, 0.6) is 0 Å². The summed E-state index contributed by atoms with van der Waals surface area (Å²) >= 11 is 1.65. The Kier molecular flexibility index (Phi) is 5.20. The third-order valence-corrected chi connectivity index (χ3v) is 5.45. The summed E-state index contributed by atoms with van der Waals surface area (Å²) in [4.78, 5) is 30.3. The van der Waals surface area contributed by atoms with Gasteiger partial charge in [0.1, 0.15) is 5.82 Å². The predicted molar refractivity (Wildman–Crippen MR) is 102 cm³/mol. The van der Waals surface area contributed by atoms with Crippen molar-refractivity contribution in [2.75, 3.05) is 20.6 Å². The average Bonchev–Trinajstić information content (AvgIpc) is 2.99. The molecule has 0 spiro atoms. The Balaban J connectivity index is 1.87. The first kappa shape index (κ1) is 18.3. The van der Waals surface area contributed by atoms with Gasteiger partial charge < -0.3 is 15.2 Å². The number of carbonyl (C=O) groups is 1. The SMILES string of the molecule is Cc1ccsc1C(CNC(=O)c1cc(=O)[nH]c2cc(F)ccc12)N(C)C. The normalized spacial score (nSPS) is 12.5. The lowest BCUT2D eigenvalue weighted by Crippen LogP contribution is -2.35. The fraction of sp³-hybridized carbons (Fsp3) is 0.263. The first-order valence-corrected chi connectivity index (χ1v) is 9.06. The average molecular weight is 373 g/mol. The van der Waals surface area contributed by atoms with Gasteiger partial charge in [-0.3, -0.25) is 9.59 Å². The lowest BCUT2D eigenvalue weighted by atomic mass is 10.1. The Bertz CT molecular complexity index is 1010. The molecule has 136 valence electrons. The Labute approximate surface area is 154 Å². The summed E-state index contributed by atoms with van der Waals surface area (Å²) in [6.07, 6.45) is 0. The summed E-state index contributed by atoms with van der Waals surface area (Å²) in [5, 5.41) is 5.45. The van der Waals surface area contributed by atoms with Crippen molar-refractivity contribution < 1.29 is 9.18 Å². The van der Waals surface area contributed by atoms with Crippen molar-refractivity contribution >= 4 is 28.1 Å². The molecule has 0 aliphatic heterocycles. The minimum absolute atomic E-state index is 0.0321. The first-order chi connectivity index (χ1) is 12.4. The number of carbonyl (C=O) groups excluding carboxylic acids is 1. The van der Waals surface area contributed by atoms with Crippen molar-refractivity contribution in [2.45, 2.75) is 13.0 Å². The Morgan fingerprint density at radius 1 is 1.31 bits per heavy atom. The summed E-state index contributed by atoms with van der Waals surface area (Å²) in [7, 11) is 3.92. The maximum Gasteiger partial charge on any atom is 0.252 e. The minimum Gasteiger partial charge on any atom is -0.350 e. The molecule has 26 heavy (non-hydrogen) atoms. The van der Waals surface area contributed by atoms with Crippen molar-refractivity contribution in [2.24, 2.45) is 0 Å². The molecule has 2 heterocycles. The highest BCUT2D eigenvalue weighted by atomic mass is 32.1. The van der Waals surface area contributed by atoms with Gasteiger partial charge in [-0.15, -0.1) is 11.3 Å².